The lowest BCUT2D eigenvalue weighted by Crippen LogP contribution is -2.40. The summed E-state index contributed by atoms with van der Waals surface area (Å²) in [5.74, 6) is -2.02. The zero-order valence-electron chi connectivity index (χ0n) is 19.4. The SMILES string of the molecule is Cc1nc2ccc(N(CC(=O)NCc3cc(Cl)cc(C(F)(F)F)c3)C(=O)c3snc(C(N)=O)c3N)cc2o1. The van der Waals surface area contributed by atoms with Gasteiger partial charge in [-0.15, -0.1) is 0 Å². The zero-order chi connectivity index (χ0) is 27.8. The number of alkyl halides is 3. The topological polar surface area (TPSA) is 157 Å². The molecule has 3 amide bonds. The molecule has 0 saturated heterocycles. The molecule has 0 unspecified atom stereocenters. The molecule has 2 aromatic heterocycles. The van der Waals surface area contributed by atoms with Crippen LogP contribution < -0.4 is 21.7 Å². The van der Waals surface area contributed by atoms with Crippen molar-refractivity contribution in [2.24, 2.45) is 5.73 Å². The minimum atomic E-state index is -4.62. The van der Waals surface area contributed by atoms with Crippen molar-refractivity contribution in [3.63, 3.8) is 0 Å². The lowest BCUT2D eigenvalue weighted by Gasteiger charge is -2.22. The summed E-state index contributed by atoms with van der Waals surface area (Å²) in [6.07, 6.45) is -4.62. The largest absolute Gasteiger partial charge is 0.441 e. The molecule has 198 valence electrons. The number of nitrogen functional groups attached to an aromatic ring is 1. The van der Waals surface area contributed by atoms with E-state index >= 15 is 0 Å². The molecule has 15 heteroatoms. The molecular formula is C23H18ClF3N6O4S. The van der Waals surface area contributed by atoms with E-state index in [9.17, 15) is 27.6 Å². The molecule has 0 bridgehead atoms. The fourth-order valence-corrected chi connectivity index (χ4v) is 4.56. The van der Waals surface area contributed by atoms with Gasteiger partial charge in [-0.05, 0) is 47.4 Å². The van der Waals surface area contributed by atoms with Crippen LogP contribution >= 0.6 is 23.1 Å². The number of benzene rings is 2. The highest BCUT2D eigenvalue weighted by atomic mass is 35.5. The number of carbonyl (C=O) groups is 3. The van der Waals surface area contributed by atoms with Crippen LogP contribution in [0.25, 0.3) is 11.1 Å². The summed E-state index contributed by atoms with van der Waals surface area (Å²) in [4.78, 5) is 43.0. The number of rotatable bonds is 7. The molecule has 4 aromatic rings. The summed E-state index contributed by atoms with van der Waals surface area (Å²) in [6, 6.07) is 7.50. The quantitative estimate of drug-likeness (QED) is 0.306. The van der Waals surface area contributed by atoms with Crippen LogP contribution in [-0.4, -0.2) is 33.6 Å². The maximum absolute atomic E-state index is 13.4. The van der Waals surface area contributed by atoms with Gasteiger partial charge in [0, 0.05) is 30.2 Å². The van der Waals surface area contributed by atoms with Crippen molar-refractivity contribution < 1.29 is 32.0 Å². The van der Waals surface area contributed by atoms with Gasteiger partial charge in [0.2, 0.25) is 5.91 Å². The predicted octanol–water partition coefficient (Wildman–Crippen LogP) is 3.91. The third-order valence-electron chi connectivity index (χ3n) is 5.27. The first-order valence-corrected chi connectivity index (χ1v) is 11.9. The number of oxazole rings is 1. The van der Waals surface area contributed by atoms with E-state index in [1.807, 2.05) is 0 Å². The summed E-state index contributed by atoms with van der Waals surface area (Å²) >= 11 is 6.43. The number of hydrogen-bond donors (Lipinski definition) is 3. The van der Waals surface area contributed by atoms with Crippen LogP contribution in [0.5, 0.6) is 0 Å². The Morgan fingerprint density at radius 2 is 1.92 bits per heavy atom. The van der Waals surface area contributed by atoms with Gasteiger partial charge in [-0.1, -0.05) is 11.6 Å². The Balaban J connectivity index is 1.61. The standard InChI is InChI=1S/C23H18ClF3N6O4S/c1-10-31-15-3-2-14(7-16(15)37-10)33(22(36)20-18(28)19(21(29)35)32-38-20)9-17(34)30-8-11-4-12(23(25,26)27)6-13(24)5-11/h2-7H,8-9,28H2,1H3,(H2,29,35)(H,30,34). The molecule has 4 rings (SSSR count). The number of halogens is 4. The molecule has 0 atom stereocenters. The minimum Gasteiger partial charge on any atom is -0.441 e. The van der Waals surface area contributed by atoms with Gasteiger partial charge in [-0.25, -0.2) is 4.98 Å². The number of amides is 3. The van der Waals surface area contributed by atoms with Gasteiger partial charge in [0.1, 0.15) is 16.9 Å². The van der Waals surface area contributed by atoms with Crippen LogP contribution in [0.3, 0.4) is 0 Å². The minimum absolute atomic E-state index is 0.104. The Morgan fingerprint density at radius 3 is 2.58 bits per heavy atom. The number of aromatic nitrogens is 2. The van der Waals surface area contributed by atoms with Crippen molar-refractivity contribution in [2.75, 3.05) is 17.2 Å². The van der Waals surface area contributed by atoms with Gasteiger partial charge in [0.15, 0.2) is 17.2 Å². The molecule has 0 radical (unpaired) electrons. The molecule has 2 heterocycles. The van der Waals surface area contributed by atoms with Crippen LogP contribution in [0, 0.1) is 6.92 Å². The number of nitrogens with two attached hydrogens (primary N) is 2. The number of carbonyl (C=O) groups excluding carboxylic acids is 3. The monoisotopic (exact) mass is 566 g/mol. The number of aryl methyl sites for hydroxylation is 1. The van der Waals surface area contributed by atoms with Crippen LogP contribution in [-0.2, 0) is 17.5 Å². The summed E-state index contributed by atoms with van der Waals surface area (Å²) in [5.41, 5.74) is 10.8. The average molecular weight is 567 g/mol. The highest BCUT2D eigenvalue weighted by molar-refractivity contribution is 7.09. The molecular weight excluding hydrogens is 549 g/mol. The van der Waals surface area contributed by atoms with E-state index in [0.717, 1.165) is 17.0 Å². The van der Waals surface area contributed by atoms with Gasteiger partial charge in [-0.2, -0.15) is 17.5 Å². The second-order valence-corrected chi connectivity index (χ2v) is 9.25. The lowest BCUT2D eigenvalue weighted by atomic mass is 10.1. The fraction of sp³-hybridized carbons (Fsp3) is 0.174. The van der Waals surface area contributed by atoms with Crippen molar-refractivity contribution in [1.29, 1.82) is 0 Å². The number of hydrogen-bond acceptors (Lipinski definition) is 8. The first kappa shape index (κ1) is 26.9. The molecule has 38 heavy (non-hydrogen) atoms. The Hall–Kier alpha value is -4.17. The lowest BCUT2D eigenvalue weighted by molar-refractivity contribution is -0.137. The van der Waals surface area contributed by atoms with Crippen molar-refractivity contribution in [1.82, 2.24) is 14.7 Å². The molecule has 0 saturated carbocycles. The third kappa shape index (κ3) is 5.70. The van der Waals surface area contributed by atoms with Crippen LogP contribution in [0.2, 0.25) is 5.02 Å². The molecule has 0 spiro atoms. The van der Waals surface area contributed by atoms with E-state index in [-0.39, 0.29) is 39.1 Å². The molecule has 0 aliphatic rings. The van der Waals surface area contributed by atoms with E-state index in [1.165, 1.54) is 18.2 Å². The van der Waals surface area contributed by atoms with Gasteiger partial charge in [0.05, 0.1) is 11.3 Å². The van der Waals surface area contributed by atoms with E-state index in [1.54, 1.807) is 13.0 Å². The fourth-order valence-electron chi connectivity index (χ4n) is 3.54. The molecule has 2 aromatic carbocycles. The van der Waals surface area contributed by atoms with E-state index in [4.69, 9.17) is 27.5 Å². The van der Waals surface area contributed by atoms with Crippen LogP contribution in [0.4, 0.5) is 24.5 Å². The highest BCUT2D eigenvalue weighted by Gasteiger charge is 2.31. The Morgan fingerprint density at radius 1 is 1.18 bits per heavy atom. The smallest absolute Gasteiger partial charge is 0.416 e. The molecule has 0 aliphatic heterocycles. The summed E-state index contributed by atoms with van der Waals surface area (Å²) in [5, 5.41) is 2.33. The Bertz CT molecular complexity index is 1570. The van der Waals surface area contributed by atoms with E-state index < -0.39 is 36.0 Å². The maximum atomic E-state index is 13.4. The van der Waals surface area contributed by atoms with Crippen LogP contribution in [0.15, 0.2) is 40.8 Å². The first-order valence-electron chi connectivity index (χ1n) is 10.7. The van der Waals surface area contributed by atoms with Gasteiger partial charge in [0.25, 0.3) is 11.8 Å². The van der Waals surface area contributed by atoms with E-state index in [0.29, 0.717) is 28.5 Å². The van der Waals surface area contributed by atoms with Crippen LogP contribution in [0.1, 0.15) is 37.2 Å². The third-order valence-corrected chi connectivity index (χ3v) is 6.34. The number of anilines is 2. The number of nitrogens with one attached hydrogen (secondary N) is 1. The second kappa shape index (κ2) is 10.3. The molecule has 0 aliphatic carbocycles. The van der Waals surface area contributed by atoms with Gasteiger partial charge in [-0.3, -0.25) is 19.3 Å². The Kier molecular flexibility index (Phi) is 7.29. The van der Waals surface area contributed by atoms with E-state index in [2.05, 4.69) is 14.7 Å². The normalized spacial score (nSPS) is 11.5. The predicted molar refractivity (Wildman–Crippen MR) is 134 cm³/mol. The van der Waals surface area contributed by atoms with Crippen molar-refractivity contribution in [3.05, 3.63) is 69.0 Å². The zero-order valence-corrected chi connectivity index (χ0v) is 21.0. The first-order chi connectivity index (χ1) is 17.8. The average Bonchev–Trinajstić information content (AvgIpc) is 3.40. The second-order valence-electron chi connectivity index (χ2n) is 8.04. The molecule has 0 fully saturated rings. The Labute approximate surface area is 221 Å². The number of primary amides is 1. The summed E-state index contributed by atoms with van der Waals surface area (Å²) < 4.78 is 48.7. The number of fused-ring (bicyclic) bond motifs is 1. The van der Waals surface area contributed by atoms with Gasteiger partial charge < -0.3 is 21.2 Å². The van der Waals surface area contributed by atoms with Crippen molar-refractivity contribution in [3.8, 4) is 0 Å². The summed E-state index contributed by atoms with van der Waals surface area (Å²) in [7, 11) is 0. The summed E-state index contributed by atoms with van der Waals surface area (Å²) in [6.45, 7) is 0.784. The van der Waals surface area contributed by atoms with Crippen molar-refractivity contribution in [2.45, 2.75) is 19.6 Å². The molecule has 5 N–H and O–H groups in total. The van der Waals surface area contributed by atoms with Gasteiger partial charge >= 0.3 is 6.18 Å². The highest BCUT2D eigenvalue weighted by Crippen LogP contribution is 2.32. The number of nitrogens with zero attached hydrogens (tertiary/aromatic N) is 3. The molecule has 10 nitrogen and oxygen atoms in total. The van der Waals surface area contributed by atoms with Crippen molar-refractivity contribution >= 4 is 63.3 Å². The maximum Gasteiger partial charge on any atom is 0.416 e.